The van der Waals surface area contributed by atoms with Crippen molar-refractivity contribution in [1.82, 2.24) is 9.97 Å². The number of halogens is 1. The average Bonchev–Trinajstić information content (AvgIpc) is 3.23. The van der Waals surface area contributed by atoms with E-state index in [1.165, 1.54) is 30.7 Å². The fourth-order valence-electron chi connectivity index (χ4n) is 3.37. The van der Waals surface area contributed by atoms with Crippen LogP contribution in [-0.2, 0) is 6.54 Å². The Morgan fingerprint density at radius 2 is 1.68 bits per heavy atom. The first-order valence-electron chi connectivity index (χ1n) is 9.62. The number of nitrogens with one attached hydrogen (secondary N) is 2. The molecule has 1 aliphatic heterocycles. The van der Waals surface area contributed by atoms with Crippen molar-refractivity contribution in [3.05, 3.63) is 71.7 Å². The molecule has 4 rings (SSSR count). The van der Waals surface area contributed by atoms with Crippen molar-refractivity contribution in [3.8, 4) is 0 Å². The van der Waals surface area contributed by atoms with Gasteiger partial charge in [-0.15, -0.1) is 0 Å². The highest BCUT2D eigenvalue weighted by Crippen LogP contribution is 2.23. The predicted molar refractivity (Wildman–Crippen MR) is 112 cm³/mol. The van der Waals surface area contributed by atoms with Crippen LogP contribution >= 0.6 is 0 Å². The molecule has 0 spiro atoms. The molecule has 2 N–H and O–H groups in total. The van der Waals surface area contributed by atoms with Crippen molar-refractivity contribution in [2.45, 2.75) is 26.3 Å². The fraction of sp³-hybridized carbons (Fsp3) is 0.273. The molecule has 6 heteroatoms. The van der Waals surface area contributed by atoms with E-state index in [4.69, 9.17) is 0 Å². The van der Waals surface area contributed by atoms with E-state index < -0.39 is 0 Å². The highest BCUT2D eigenvalue weighted by atomic mass is 19.1. The Bertz CT molecular complexity index is 919. The van der Waals surface area contributed by atoms with E-state index in [1.807, 2.05) is 13.0 Å². The van der Waals surface area contributed by atoms with Crippen LogP contribution in [0, 0.1) is 12.7 Å². The van der Waals surface area contributed by atoms with Crippen LogP contribution in [-0.4, -0.2) is 23.1 Å². The zero-order valence-corrected chi connectivity index (χ0v) is 16.0. The monoisotopic (exact) mass is 377 g/mol. The summed E-state index contributed by atoms with van der Waals surface area (Å²) in [6.07, 6.45) is 2.54. The molecule has 0 amide bonds. The van der Waals surface area contributed by atoms with Gasteiger partial charge in [-0.05, 0) is 61.7 Å². The van der Waals surface area contributed by atoms with Crippen LogP contribution < -0.4 is 15.5 Å². The van der Waals surface area contributed by atoms with Gasteiger partial charge in [0.25, 0.3) is 0 Å². The van der Waals surface area contributed by atoms with Gasteiger partial charge in [0.2, 0.25) is 5.95 Å². The lowest BCUT2D eigenvalue weighted by molar-refractivity contribution is 0.627. The van der Waals surface area contributed by atoms with Crippen LogP contribution in [0.2, 0.25) is 0 Å². The molecule has 3 aromatic rings. The van der Waals surface area contributed by atoms with E-state index in [9.17, 15) is 4.39 Å². The molecule has 28 heavy (non-hydrogen) atoms. The quantitative estimate of drug-likeness (QED) is 0.641. The maximum atomic E-state index is 13.0. The Hall–Kier alpha value is -3.15. The van der Waals surface area contributed by atoms with Crippen LogP contribution in [0.25, 0.3) is 0 Å². The van der Waals surface area contributed by atoms with Gasteiger partial charge >= 0.3 is 0 Å². The second kappa shape index (κ2) is 8.25. The number of hydrogen-bond donors (Lipinski definition) is 2. The summed E-state index contributed by atoms with van der Waals surface area (Å²) in [4.78, 5) is 11.4. The minimum absolute atomic E-state index is 0.233. The molecule has 1 aliphatic rings. The van der Waals surface area contributed by atoms with Crippen LogP contribution in [0.3, 0.4) is 0 Å². The molecule has 0 aliphatic carbocycles. The summed E-state index contributed by atoms with van der Waals surface area (Å²) in [7, 11) is 0. The van der Waals surface area contributed by atoms with Crippen LogP contribution in [0.15, 0.2) is 54.6 Å². The van der Waals surface area contributed by atoms with Gasteiger partial charge in [-0.3, -0.25) is 0 Å². The summed E-state index contributed by atoms with van der Waals surface area (Å²) in [5.74, 6) is 1.05. The molecule has 5 nitrogen and oxygen atoms in total. The molecular weight excluding hydrogens is 353 g/mol. The van der Waals surface area contributed by atoms with Gasteiger partial charge in [-0.25, -0.2) is 9.37 Å². The lowest BCUT2D eigenvalue weighted by Crippen LogP contribution is -2.17. The van der Waals surface area contributed by atoms with Crippen molar-refractivity contribution < 1.29 is 4.39 Å². The SMILES string of the molecule is Cc1cc(NCc2ccc(F)cc2)nc(Nc2ccc(N3CCCC3)cc2)n1. The first kappa shape index (κ1) is 18.2. The number of hydrogen-bond acceptors (Lipinski definition) is 5. The zero-order valence-electron chi connectivity index (χ0n) is 16.0. The lowest BCUT2D eigenvalue weighted by atomic mass is 10.2. The molecule has 1 fully saturated rings. The molecule has 0 saturated carbocycles. The maximum Gasteiger partial charge on any atom is 0.229 e. The van der Waals surface area contributed by atoms with E-state index >= 15 is 0 Å². The van der Waals surface area contributed by atoms with Crippen molar-refractivity contribution in [2.75, 3.05) is 28.6 Å². The molecular formula is C22H24FN5. The summed E-state index contributed by atoms with van der Waals surface area (Å²) >= 11 is 0. The molecule has 0 bridgehead atoms. The van der Waals surface area contributed by atoms with Crippen LogP contribution in [0.5, 0.6) is 0 Å². The number of rotatable bonds is 6. The molecule has 0 atom stereocenters. The zero-order chi connectivity index (χ0) is 19.3. The summed E-state index contributed by atoms with van der Waals surface area (Å²) in [5, 5.41) is 6.55. The number of aryl methyl sites for hydroxylation is 1. The van der Waals surface area contributed by atoms with Crippen molar-refractivity contribution in [3.63, 3.8) is 0 Å². The van der Waals surface area contributed by atoms with Gasteiger partial charge in [0.05, 0.1) is 0 Å². The molecule has 144 valence electrons. The summed E-state index contributed by atoms with van der Waals surface area (Å²) in [6.45, 7) is 4.78. The standard InChI is InChI=1S/C22H24FN5/c1-16-14-21(24-15-17-4-6-18(23)7-5-17)27-22(25-16)26-19-8-10-20(11-9-19)28-12-2-3-13-28/h4-11,14H,2-3,12-13,15H2,1H3,(H2,24,25,26,27). The lowest BCUT2D eigenvalue weighted by Gasteiger charge is -2.18. The number of anilines is 4. The average molecular weight is 377 g/mol. The Morgan fingerprint density at radius 3 is 2.39 bits per heavy atom. The molecule has 1 aromatic heterocycles. The smallest absolute Gasteiger partial charge is 0.229 e. The molecule has 2 heterocycles. The van der Waals surface area contributed by atoms with E-state index in [1.54, 1.807) is 12.1 Å². The third kappa shape index (κ3) is 4.57. The molecule has 0 radical (unpaired) electrons. The molecule has 0 unspecified atom stereocenters. The minimum Gasteiger partial charge on any atom is -0.372 e. The highest BCUT2D eigenvalue weighted by Gasteiger charge is 2.12. The molecule has 2 aromatic carbocycles. The first-order chi connectivity index (χ1) is 13.7. The maximum absolute atomic E-state index is 13.0. The van der Waals surface area contributed by atoms with E-state index in [2.05, 4.69) is 49.8 Å². The third-order valence-electron chi connectivity index (χ3n) is 4.84. The van der Waals surface area contributed by atoms with Gasteiger partial charge < -0.3 is 15.5 Å². The van der Waals surface area contributed by atoms with Crippen molar-refractivity contribution in [1.29, 1.82) is 0 Å². The van der Waals surface area contributed by atoms with Gasteiger partial charge in [-0.2, -0.15) is 4.98 Å². The molecule has 1 saturated heterocycles. The third-order valence-corrected chi connectivity index (χ3v) is 4.84. The Kier molecular flexibility index (Phi) is 5.37. The highest BCUT2D eigenvalue weighted by molar-refractivity contribution is 5.60. The topological polar surface area (TPSA) is 53.1 Å². The Balaban J connectivity index is 1.42. The van der Waals surface area contributed by atoms with Gasteiger partial charge in [-0.1, -0.05) is 12.1 Å². The van der Waals surface area contributed by atoms with Crippen molar-refractivity contribution >= 4 is 23.1 Å². The van der Waals surface area contributed by atoms with E-state index in [0.29, 0.717) is 12.5 Å². The van der Waals surface area contributed by atoms with Crippen LogP contribution in [0.4, 0.5) is 27.5 Å². The number of benzene rings is 2. The fourth-order valence-corrected chi connectivity index (χ4v) is 3.37. The number of nitrogens with zero attached hydrogens (tertiary/aromatic N) is 3. The Labute approximate surface area is 164 Å². The minimum atomic E-state index is -0.233. The largest absolute Gasteiger partial charge is 0.372 e. The Morgan fingerprint density at radius 1 is 0.964 bits per heavy atom. The number of aromatic nitrogens is 2. The van der Waals surface area contributed by atoms with Gasteiger partial charge in [0, 0.05) is 42.8 Å². The second-order valence-corrected chi connectivity index (χ2v) is 7.06. The summed E-state index contributed by atoms with van der Waals surface area (Å²) in [5.41, 5.74) is 4.07. The van der Waals surface area contributed by atoms with Gasteiger partial charge in [0.1, 0.15) is 11.6 Å². The van der Waals surface area contributed by atoms with E-state index in [0.717, 1.165) is 35.9 Å². The van der Waals surface area contributed by atoms with Crippen LogP contribution in [0.1, 0.15) is 24.1 Å². The normalized spacial score (nSPS) is 13.6. The summed E-state index contributed by atoms with van der Waals surface area (Å²) in [6, 6.07) is 16.7. The van der Waals surface area contributed by atoms with Gasteiger partial charge in [0.15, 0.2) is 0 Å². The van der Waals surface area contributed by atoms with E-state index in [-0.39, 0.29) is 5.82 Å². The summed E-state index contributed by atoms with van der Waals surface area (Å²) < 4.78 is 13.0. The predicted octanol–water partition coefficient (Wildman–Crippen LogP) is 4.88. The second-order valence-electron chi connectivity index (χ2n) is 7.06. The van der Waals surface area contributed by atoms with Crippen molar-refractivity contribution in [2.24, 2.45) is 0 Å². The first-order valence-corrected chi connectivity index (χ1v) is 9.62.